The zero-order valence-corrected chi connectivity index (χ0v) is 13.9. The minimum absolute atomic E-state index is 0.782. The molecule has 0 spiro atoms. The van der Waals surface area contributed by atoms with Crippen LogP contribution in [-0.4, -0.2) is 49.7 Å². The summed E-state index contributed by atoms with van der Waals surface area (Å²) in [7, 11) is 0. The smallest absolute Gasteiger partial charge is 0.0111 e. The Balaban J connectivity index is 1.37. The van der Waals surface area contributed by atoms with Gasteiger partial charge >= 0.3 is 0 Å². The maximum atomic E-state index is 3.91. The van der Waals surface area contributed by atoms with Crippen LogP contribution in [0.4, 0.5) is 0 Å². The molecule has 2 saturated heterocycles. The van der Waals surface area contributed by atoms with Crippen LogP contribution in [0.1, 0.15) is 58.3 Å². The van der Waals surface area contributed by atoms with Crippen LogP contribution in [0.15, 0.2) is 0 Å². The summed E-state index contributed by atoms with van der Waals surface area (Å²) in [6.45, 7) is 8.74. The van der Waals surface area contributed by atoms with E-state index >= 15 is 0 Å². The number of hydrogen-bond acceptors (Lipinski definition) is 3. The lowest BCUT2D eigenvalue weighted by Crippen LogP contribution is -2.48. The van der Waals surface area contributed by atoms with Crippen LogP contribution in [0.25, 0.3) is 0 Å². The quantitative estimate of drug-likeness (QED) is 0.816. The first-order valence-electron chi connectivity index (χ1n) is 9.52. The molecule has 2 heterocycles. The number of nitrogens with one attached hydrogen (secondary N) is 2. The maximum absolute atomic E-state index is 3.91. The van der Waals surface area contributed by atoms with Gasteiger partial charge in [0, 0.05) is 25.2 Å². The third-order valence-corrected chi connectivity index (χ3v) is 6.15. The van der Waals surface area contributed by atoms with Crippen molar-refractivity contribution in [2.75, 3.05) is 32.7 Å². The second-order valence-electron chi connectivity index (χ2n) is 7.74. The highest BCUT2D eigenvalue weighted by atomic mass is 15.1. The molecule has 2 N–H and O–H groups in total. The van der Waals surface area contributed by atoms with Crippen molar-refractivity contribution in [2.45, 2.75) is 70.4 Å². The van der Waals surface area contributed by atoms with Gasteiger partial charge in [-0.25, -0.2) is 0 Å². The lowest BCUT2D eigenvalue weighted by atomic mass is 9.88. The summed E-state index contributed by atoms with van der Waals surface area (Å²) < 4.78 is 0. The minimum Gasteiger partial charge on any atom is -0.314 e. The van der Waals surface area contributed by atoms with Crippen molar-refractivity contribution in [1.29, 1.82) is 0 Å². The summed E-state index contributed by atoms with van der Waals surface area (Å²) >= 11 is 0. The lowest BCUT2D eigenvalue weighted by molar-refractivity contribution is 0.186. The van der Waals surface area contributed by atoms with Crippen molar-refractivity contribution in [1.82, 2.24) is 15.5 Å². The van der Waals surface area contributed by atoms with Crippen molar-refractivity contribution >= 4 is 0 Å². The molecular weight excluding hydrogens is 258 g/mol. The Morgan fingerprint density at radius 3 is 2.62 bits per heavy atom. The van der Waals surface area contributed by atoms with Gasteiger partial charge in [0.05, 0.1) is 0 Å². The van der Waals surface area contributed by atoms with Crippen LogP contribution in [-0.2, 0) is 0 Å². The maximum Gasteiger partial charge on any atom is 0.0111 e. The van der Waals surface area contributed by atoms with Gasteiger partial charge in [0.25, 0.3) is 0 Å². The van der Waals surface area contributed by atoms with E-state index in [2.05, 4.69) is 22.5 Å². The number of nitrogens with zero attached hydrogens (tertiary/aromatic N) is 1. The van der Waals surface area contributed by atoms with Gasteiger partial charge in [0.15, 0.2) is 0 Å². The highest BCUT2D eigenvalue weighted by molar-refractivity contribution is 4.92. The molecule has 1 aliphatic carbocycles. The van der Waals surface area contributed by atoms with E-state index in [1.807, 2.05) is 0 Å². The molecule has 3 heteroatoms. The third-order valence-electron chi connectivity index (χ3n) is 6.15. The Kier molecular flexibility index (Phi) is 5.96. The summed E-state index contributed by atoms with van der Waals surface area (Å²) in [6, 6.07) is 1.58. The zero-order chi connectivity index (χ0) is 14.5. The average molecular weight is 293 g/mol. The van der Waals surface area contributed by atoms with Crippen LogP contribution in [0, 0.1) is 11.8 Å². The molecule has 3 unspecified atom stereocenters. The van der Waals surface area contributed by atoms with Gasteiger partial charge < -0.3 is 15.5 Å². The second-order valence-corrected chi connectivity index (χ2v) is 7.74. The monoisotopic (exact) mass is 293 g/mol. The average Bonchev–Trinajstić information content (AvgIpc) is 2.99. The molecule has 0 aromatic heterocycles. The standard InChI is InChI=1S/C18H35N3/c1-15-8-12-21(13-9-15)14-11-20-18-7-4-5-16(18)17-6-2-3-10-19-17/h15-20H,2-14H2,1H3. The number of likely N-dealkylation sites (tertiary alicyclic amines) is 1. The minimum atomic E-state index is 0.782. The first-order chi connectivity index (χ1) is 10.3. The molecule has 1 saturated carbocycles. The molecule has 3 aliphatic rings. The molecule has 0 radical (unpaired) electrons. The van der Waals surface area contributed by atoms with Crippen LogP contribution >= 0.6 is 0 Å². The summed E-state index contributed by atoms with van der Waals surface area (Å²) in [5.74, 6) is 1.84. The molecule has 3 rings (SSSR count). The molecule has 3 fully saturated rings. The highest BCUT2D eigenvalue weighted by Gasteiger charge is 2.33. The molecule has 0 aromatic rings. The first kappa shape index (κ1) is 15.8. The predicted molar refractivity (Wildman–Crippen MR) is 89.6 cm³/mol. The molecule has 2 aliphatic heterocycles. The molecule has 0 aromatic carbocycles. The van der Waals surface area contributed by atoms with Crippen LogP contribution < -0.4 is 10.6 Å². The van der Waals surface area contributed by atoms with Gasteiger partial charge in [0.2, 0.25) is 0 Å². The SMILES string of the molecule is CC1CCN(CCNC2CCCC2C2CCCCN2)CC1. The van der Waals surface area contributed by atoms with E-state index in [-0.39, 0.29) is 0 Å². The van der Waals surface area contributed by atoms with Crippen molar-refractivity contribution in [3.05, 3.63) is 0 Å². The van der Waals surface area contributed by atoms with Crippen molar-refractivity contribution in [2.24, 2.45) is 11.8 Å². The number of hydrogen-bond donors (Lipinski definition) is 2. The van der Waals surface area contributed by atoms with E-state index in [4.69, 9.17) is 0 Å². The highest BCUT2D eigenvalue weighted by Crippen LogP contribution is 2.31. The van der Waals surface area contributed by atoms with Crippen LogP contribution in [0.5, 0.6) is 0 Å². The molecule has 3 nitrogen and oxygen atoms in total. The van der Waals surface area contributed by atoms with Crippen LogP contribution in [0.2, 0.25) is 0 Å². The fourth-order valence-corrected chi connectivity index (χ4v) is 4.66. The molecule has 122 valence electrons. The predicted octanol–water partition coefficient (Wildman–Crippen LogP) is 2.62. The normalized spacial score (nSPS) is 36.1. The summed E-state index contributed by atoms with van der Waals surface area (Å²) in [5.41, 5.74) is 0. The molecular formula is C18H35N3. The van der Waals surface area contributed by atoms with Gasteiger partial charge in [-0.3, -0.25) is 0 Å². The molecule has 21 heavy (non-hydrogen) atoms. The fraction of sp³-hybridized carbons (Fsp3) is 1.00. The van der Waals surface area contributed by atoms with Crippen molar-refractivity contribution < 1.29 is 0 Å². The summed E-state index contributed by atoms with van der Waals surface area (Å²) in [5, 5.41) is 7.69. The Morgan fingerprint density at radius 1 is 1.00 bits per heavy atom. The Hall–Kier alpha value is -0.120. The first-order valence-corrected chi connectivity index (χ1v) is 9.52. The Bertz CT molecular complexity index is 293. The molecule has 3 atom stereocenters. The largest absolute Gasteiger partial charge is 0.314 e. The number of piperidine rings is 2. The van der Waals surface area contributed by atoms with E-state index in [1.165, 1.54) is 84.1 Å². The van der Waals surface area contributed by atoms with E-state index in [0.717, 1.165) is 23.9 Å². The van der Waals surface area contributed by atoms with E-state index in [9.17, 15) is 0 Å². The Morgan fingerprint density at radius 2 is 1.86 bits per heavy atom. The van der Waals surface area contributed by atoms with Gasteiger partial charge in [-0.15, -0.1) is 0 Å². The lowest BCUT2D eigenvalue weighted by Gasteiger charge is -2.34. The molecule has 0 bridgehead atoms. The second kappa shape index (κ2) is 7.94. The van der Waals surface area contributed by atoms with E-state index in [0.29, 0.717) is 0 Å². The van der Waals surface area contributed by atoms with Gasteiger partial charge in [-0.05, 0) is 70.0 Å². The van der Waals surface area contributed by atoms with Crippen LogP contribution in [0.3, 0.4) is 0 Å². The number of rotatable bonds is 5. The third kappa shape index (κ3) is 4.43. The van der Waals surface area contributed by atoms with Gasteiger partial charge in [0.1, 0.15) is 0 Å². The zero-order valence-electron chi connectivity index (χ0n) is 13.9. The van der Waals surface area contributed by atoms with Gasteiger partial charge in [-0.2, -0.15) is 0 Å². The van der Waals surface area contributed by atoms with Gasteiger partial charge in [-0.1, -0.05) is 19.8 Å². The summed E-state index contributed by atoms with van der Waals surface area (Å²) in [6.07, 6.45) is 11.3. The van der Waals surface area contributed by atoms with E-state index in [1.54, 1.807) is 0 Å². The summed E-state index contributed by atoms with van der Waals surface area (Å²) in [4.78, 5) is 2.66. The fourth-order valence-electron chi connectivity index (χ4n) is 4.66. The van der Waals surface area contributed by atoms with Crippen molar-refractivity contribution in [3.63, 3.8) is 0 Å². The molecule has 0 amide bonds. The van der Waals surface area contributed by atoms with E-state index < -0.39 is 0 Å². The van der Waals surface area contributed by atoms with Crippen molar-refractivity contribution in [3.8, 4) is 0 Å². The Labute approximate surface area is 131 Å². The topological polar surface area (TPSA) is 27.3 Å².